The first kappa shape index (κ1) is 17.1. The van der Waals surface area contributed by atoms with Gasteiger partial charge in [0.05, 0.1) is 14.2 Å². The average Bonchev–Trinajstić information content (AvgIpc) is 2.52. The molecule has 6 heteroatoms. The van der Waals surface area contributed by atoms with Crippen LogP contribution in [0.25, 0.3) is 0 Å². The van der Waals surface area contributed by atoms with Crippen molar-refractivity contribution in [1.29, 1.82) is 0 Å². The van der Waals surface area contributed by atoms with E-state index in [9.17, 15) is 9.90 Å². The monoisotopic (exact) mass is 296 g/mol. The number of ether oxygens (including phenoxy) is 2. The average molecular weight is 296 g/mol. The molecule has 2 amide bonds. The van der Waals surface area contributed by atoms with Crippen LogP contribution >= 0.6 is 0 Å². The highest BCUT2D eigenvalue weighted by Gasteiger charge is 2.15. The first-order chi connectivity index (χ1) is 10.1. The van der Waals surface area contributed by atoms with Crippen LogP contribution in [0.3, 0.4) is 0 Å². The van der Waals surface area contributed by atoms with Crippen LogP contribution in [0.4, 0.5) is 4.79 Å². The molecule has 0 radical (unpaired) electrons. The molecule has 0 saturated carbocycles. The van der Waals surface area contributed by atoms with Gasteiger partial charge in [-0.3, -0.25) is 0 Å². The summed E-state index contributed by atoms with van der Waals surface area (Å²) in [4.78, 5) is 11.5. The minimum absolute atomic E-state index is 0.0987. The second-order valence-electron chi connectivity index (χ2n) is 4.61. The van der Waals surface area contributed by atoms with Gasteiger partial charge >= 0.3 is 6.03 Å². The van der Waals surface area contributed by atoms with Crippen LogP contribution in [0.1, 0.15) is 31.4 Å². The predicted molar refractivity (Wildman–Crippen MR) is 80.8 cm³/mol. The van der Waals surface area contributed by atoms with Crippen molar-refractivity contribution < 1.29 is 19.4 Å². The minimum atomic E-state index is -0.869. The minimum Gasteiger partial charge on any atom is -0.497 e. The van der Waals surface area contributed by atoms with Crippen LogP contribution in [0.5, 0.6) is 11.5 Å². The van der Waals surface area contributed by atoms with Gasteiger partial charge in [-0.25, -0.2) is 4.79 Å². The first-order valence-corrected chi connectivity index (χ1v) is 7.04. The highest BCUT2D eigenvalue weighted by atomic mass is 16.5. The Labute approximate surface area is 125 Å². The molecule has 3 N–H and O–H groups in total. The van der Waals surface area contributed by atoms with Crippen LogP contribution in [-0.2, 0) is 0 Å². The summed E-state index contributed by atoms with van der Waals surface area (Å²) >= 11 is 0. The lowest BCUT2D eigenvalue weighted by atomic mass is 10.1. The van der Waals surface area contributed by atoms with Gasteiger partial charge in [0, 0.05) is 18.7 Å². The number of amides is 2. The van der Waals surface area contributed by atoms with E-state index in [1.165, 1.54) is 7.11 Å². The smallest absolute Gasteiger partial charge is 0.314 e. The van der Waals surface area contributed by atoms with E-state index in [-0.39, 0.29) is 12.6 Å². The number of methoxy groups -OCH3 is 2. The van der Waals surface area contributed by atoms with Crippen LogP contribution in [-0.4, -0.2) is 38.4 Å². The Kier molecular flexibility index (Phi) is 7.39. The third kappa shape index (κ3) is 5.51. The lowest BCUT2D eigenvalue weighted by Gasteiger charge is -2.16. The predicted octanol–water partition coefficient (Wildman–Crippen LogP) is 1.84. The largest absolute Gasteiger partial charge is 0.497 e. The maximum atomic E-state index is 11.5. The summed E-state index contributed by atoms with van der Waals surface area (Å²) in [6.45, 7) is 2.78. The van der Waals surface area contributed by atoms with Crippen molar-refractivity contribution in [1.82, 2.24) is 10.6 Å². The van der Waals surface area contributed by atoms with Crippen molar-refractivity contribution in [3.05, 3.63) is 23.8 Å². The quantitative estimate of drug-likeness (QED) is 0.639. The van der Waals surface area contributed by atoms with Gasteiger partial charge in [-0.2, -0.15) is 0 Å². The fraction of sp³-hybridized carbons (Fsp3) is 0.533. The van der Waals surface area contributed by atoms with Crippen LogP contribution in [0.15, 0.2) is 18.2 Å². The van der Waals surface area contributed by atoms with Crippen LogP contribution in [0, 0.1) is 0 Å². The summed E-state index contributed by atoms with van der Waals surface area (Å²) in [6.07, 6.45) is 1.08. The number of benzene rings is 1. The van der Waals surface area contributed by atoms with Gasteiger partial charge in [-0.05, 0) is 24.6 Å². The molecule has 0 bridgehead atoms. The summed E-state index contributed by atoms with van der Waals surface area (Å²) in [5.41, 5.74) is 0.575. The van der Waals surface area contributed by atoms with Gasteiger partial charge in [-0.1, -0.05) is 13.3 Å². The lowest BCUT2D eigenvalue weighted by Crippen LogP contribution is -2.38. The van der Waals surface area contributed by atoms with Crippen molar-refractivity contribution in [2.24, 2.45) is 0 Å². The zero-order valence-electron chi connectivity index (χ0n) is 12.8. The molecule has 0 aliphatic rings. The van der Waals surface area contributed by atoms with E-state index >= 15 is 0 Å². The molecule has 1 rings (SSSR count). The molecule has 1 aromatic rings. The molecule has 0 aromatic heterocycles. The van der Waals surface area contributed by atoms with Crippen molar-refractivity contribution in [2.45, 2.75) is 25.9 Å². The van der Waals surface area contributed by atoms with E-state index in [0.29, 0.717) is 23.6 Å². The molecule has 0 heterocycles. The van der Waals surface area contributed by atoms with E-state index in [4.69, 9.17) is 9.47 Å². The van der Waals surface area contributed by atoms with E-state index < -0.39 is 6.10 Å². The van der Waals surface area contributed by atoms with Gasteiger partial charge in [0.2, 0.25) is 0 Å². The number of hydrogen-bond donors (Lipinski definition) is 3. The molecular weight excluding hydrogens is 272 g/mol. The topological polar surface area (TPSA) is 79.8 Å². The summed E-state index contributed by atoms with van der Waals surface area (Å²) in [7, 11) is 3.08. The van der Waals surface area contributed by atoms with E-state index in [0.717, 1.165) is 12.8 Å². The fourth-order valence-corrected chi connectivity index (χ4v) is 1.84. The molecule has 0 fully saturated rings. The van der Waals surface area contributed by atoms with E-state index in [1.54, 1.807) is 25.3 Å². The number of carbonyl (C=O) groups is 1. The molecule has 0 aliphatic heterocycles. The van der Waals surface area contributed by atoms with Crippen molar-refractivity contribution in [3.8, 4) is 11.5 Å². The Morgan fingerprint density at radius 2 is 2.05 bits per heavy atom. The number of aliphatic hydroxyl groups excluding tert-OH is 1. The Balaban J connectivity index is 2.58. The van der Waals surface area contributed by atoms with Crippen LogP contribution in [0.2, 0.25) is 0 Å². The zero-order valence-corrected chi connectivity index (χ0v) is 12.8. The molecule has 6 nitrogen and oxygen atoms in total. The summed E-state index contributed by atoms with van der Waals surface area (Å²) in [6, 6.07) is 4.88. The van der Waals surface area contributed by atoms with Crippen molar-refractivity contribution >= 4 is 6.03 Å². The molecule has 21 heavy (non-hydrogen) atoms. The highest BCUT2D eigenvalue weighted by Crippen LogP contribution is 2.28. The molecule has 0 spiro atoms. The number of nitrogens with one attached hydrogen (secondary N) is 2. The zero-order chi connectivity index (χ0) is 15.7. The van der Waals surface area contributed by atoms with Crippen LogP contribution < -0.4 is 20.1 Å². The fourth-order valence-electron chi connectivity index (χ4n) is 1.84. The molecular formula is C15H24N2O4. The molecule has 1 aromatic carbocycles. The second kappa shape index (κ2) is 9.07. The number of urea groups is 1. The third-order valence-electron chi connectivity index (χ3n) is 3.07. The third-order valence-corrected chi connectivity index (χ3v) is 3.07. The number of hydrogen-bond acceptors (Lipinski definition) is 4. The maximum absolute atomic E-state index is 11.5. The molecule has 0 unspecified atom stereocenters. The normalized spacial score (nSPS) is 11.6. The summed E-state index contributed by atoms with van der Waals surface area (Å²) in [5, 5.41) is 15.6. The van der Waals surface area contributed by atoms with Gasteiger partial charge in [0.15, 0.2) is 0 Å². The molecule has 0 aliphatic carbocycles. The molecule has 1 atom stereocenters. The Morgan fingerprint density at radius 3 is 2.67 bits per heavy atom. The Bertz CT molecular complexity index is 451. The number of carbonyl (C=O) groups excluding carboxylic acids is 1. The van der Waals surface area contributed by atoms with E-state index in [1.807, 2.05) is 0 Å². The lowest BCUT2D eigenvalue weighted by molar-refractivity contribution is 0.169. The molecule has 0 saturated heterocycles. The standard InChI is InChI=1S/C15H24N2O4/c1-4-5-8-16-15(19)17-10-13(18)12-9-11(20-2)6-7-14(12)21-3/h6-7,9,13,18H,4-5,8,10H2,1-3H3,(H2,16,17,19)/t13-/m1/s1. The first-order valence-electron chi connectivity index (χ1n) is 7.04. The van der Waals surface area contributed by atoms with Gasteiger partial charge < -0.3 is 25.2 Å². The van der Waals surface area contributed by atoms with Gasteiger partial charge in [0.1, 0.15) is 17.6 Å². The summed E-state index contributed by atoms with van der Waals surface area (Å²) in [5.74, 6) is 1.17. The summed E-state index contributed by atoms with van der Waals surface area (Å²) < 4.78 is 10.3. The number of aliphatic hydroxyl groups is 1. The Morgan fingerprint density at radius 1 is 1.29 bits per heavy atom. The number of rotatable bonds is 8. The maximum Gasteiger partial charge on any atom is 0.314 e. The van der Waals surface area contributed by atoms with Gasteiger partial charge in [0.25, 0.3) is 0 Å². The SMILES string of the molecule is CCCCNC(=O)NC[C@@H](O)c1cc(OC)ccc1OC. The molecule has 118 valence electrons. The number of unbranched alkanes of at least 4 members (excludes halogenated alkanes) is 1. The second-order valence-corrected chi connectivity index (χ2v) is 4.61. The van der Waals surface area contributed by atoms with Gasteiger partial charge in [-0.15, -0.1) is 0 Å². The Hall–Kier alpha value is -1.95. The van der Waals surface area contributed by atoms with Crippen molar-refractivity contribution in [3.63, 3.8) is 0 Å². The highest BCUT2D eigenvalue weighted by molar-refractivity contribution is 5.73. The van der Waals surface area contributed by atoms with E-state index in [2.05, 4.69) is 17.6 Å². The van der Waals surface area contributed by atoms with Crippen molar-refractivity contribution in [2.75, 3.05) is 27.3 Å².